The minimum atomic E-state index is -0.455. The number of carbonyl (C=O) groups excluding carboxylic acids is 1. The number of benzene rings is 1. The van der Waals surface area contributed by atoms with E-state index in [1.54, 1.807) is 30.1 Å². The number of fused-ring (bicyclic) bond motifs is 2. The summed E-state index contributed by atoms with van der Waals surface area (Å²) < 4.78 is 16.0. The normalized spacial score (nSPS) is 15.8. The van der Waals surface area contributed by atoms with Crippen molar-refractivity contribution in [2.24, 2.45) is 0 Å². The highest BCUT2D eigenvalue weighted by molar-refractivity contribution is 5.93. The van der Waals surface area contributed by atoms with E-state index in [2.05, 4.69) is 10.1 Å². The van der Waals surface area contributed by atoms with Crippen molar-refractivity contribution in [3.8, 4) is 16.9 Å². The van der Waals surface area contributed by atoms with E-state index in [0.29, 0.717) is 11.2 Å². The highest BCUT2D eigenvalue weighted by Crippen LogP contribution is 2.31. The Morgan fingerprint density at radius 2 is 2.00 bits per heavy atom. The molecule has 0 amide bonds. The Hall–Kier alpha value is -4.31. The third kappa shape index (κ3) is 4.06. The first-order valence-electron chi connectivity index (χ1n) is 12.8. The average molecular weight is 513 g/mol. The monoisotopic (exact) mass is 512 g/mol. The minimum absolute atomic E-state index is 0.0873. The summed E-state index contributed by atoms with van der Waals surface area (Å²) in [6.45, 7) is 4.51. The molecule has 1 fully saturated rings. The van der Waals surface area contributed by atoms with Crippen molar-refractivity contribution in [3.63, 3.8) is 0 Å². The lowest BCUT2D eigenvalue weighted by Crippen LogP contribution is -2.27. The summed E-state index contributed by atoms with van der Waals surface area (Å²) in [5, 5.41) is 5.54. The number of para-hydroxylation sites is 1. The van der Waals surface area contributed by atoms with Gasteiger partial charge in [0, 0.05) is 23.8 Å². The van der Waals surface area contributed by atoms with Gasteiger partial charge >= 0.3 is 11.7 Å². The van der Waals surface area contributed by atoms with Gasteiger partial charge in [-0.2, -0.15) is 5.10 Å². The molecule has 38 heavy (non-hydrogen) atoms. The molecule has 0 bridgehead atoms. The van der Waals surface area contributed by atoms with Crippen LogP contribution >= 0.6 is 0 Å². The predicted octanol–water partition coefficient (Wildman–Crippen LogP) is 4.17. The quantitative estimate of drug-likeness (QED) is 0.314. The number of aryl methyl sites for hydroxylation is 1. The van der Waals surface area contributed by atoms with Crippen LogP contribution in [0, 0.1) is 6.92 Å². The van der Waals surface area contributed by atoms with Crippen LogP contribution in [-0.4, -0.2) is 48.1 Å². The van der Waals surface area contributed by atoms with Gasteiger partial charge in [0.1, 0.15) is 6.54 Å². The average Bonchev–Trinajstić information content (AvgIpc) is 3.49. The molecule has 1 unspecified atom stereocenters. The van der Waals surface area contributed by atoms with E-state index in [0.717, 1.165) is 59.1 Å². The van der Waals surface area contributed by atoms with E-state index >= 15 is 0 Å². The fourth-order valence-electron chi connectivity index (χ4n) is 5.19. The van der Waals surface area contributed by atoms with Crippen molar-refractivity contribution < 1.29 is 14.3 Å². The molecule has 1 saturated heterocycles. The second-order valence-corrected chi connectivity index (χ2v) is 9.38. The molecular formula is C28H28N6O4. The molecule has 10 heteroatoms. The van der Waals surface area contributed by atoms with Crippen LogP contribution < -0.4 is 5.69 Å². The van der Waals surface area contributed by atoms with Crippen LogP contribution in [-0.2, 0) is 20.8 Å². The van der Waals surface area contributed by atoms with Gasteiger partial charge in [-0.05, 0) is 56.9 Å². The van der Waals surface area contributed by atoms with Crippen LogP contribution in [0.5, 0.6) is 0 Å². The van der Waals surface area contributed by atoms with E-state index in [4.69, 9.17) is 14.5 Å². The van der Waals surface area contributed by atoms with Gasteiger partial charge in [-0.1, -0.05) is 12.1 Å². The van der Waals surface area contributed by atoms with E-state index in [-0.39, 0.29) is 25.1 Å². The molecule has 0 spiro atoms. The van der Waals surface area contributed by atoms with E-state index in [1.165, 1.54) is 4.57 Å². The largest absolute Gasteiger partial charge is 0.465 e. The van der Waals surface area contributed by atoms with Crippen molar-refractivity contribution >= 4 is 27.9 Å². The van der Waals surface area contributed by atoms with Gasteiger partial charge in [-0.3, -0.25) is 23.9 Å². The lowest BCUT2D eigenvalue weighted by atomic mass is 10.1. The SMILES string of the molecule is CCOC(=O)Cn1c(=O)n(-c2ccc(-c3cncc4c3cnn4C3CCCCO3)nc2)c2c(C)cccc21. The molecule has 0 saturated carbocycles. The Balaban J connectivity index is 1.40. The number of imidazole rings is 1. The van der Waals surface area contributed by atoms with Gasteiger partial charge < -0.3 is 9.47 Å². The molecule has 0 radical (unpaired) electrons. The van der Waals surface area contributed by atoms with Crippen LogP contribution in [0.15, 0.2) is 59.9 Å². The summed E-state index contributed by atoms with van der Waals surface area (Å²) >= 11 is 0. The maximum Gasteiger partial charge on any atom is 0.334 e. The highest BCUT2D eigenvalue weighted by atomic mass is 16.5. The minimum Gasteiger partial charge on any atom is -0.465 e. The van der Waals surface area contributed by atoms with Gasteiger partial charge in [0.05, 0.1) is 53.1 Å². The van der Waals surface area contributed by atoms with E-state index in [1.807, 2.05) is 48.1 Å². The first-order chi connectivity index (χ1) is 18.6. The van der Waals surface area contributed by atoms with Crippen molar-refractivity contribution in [1.82, 2.24) is 28.9 Å². The van der Waals surface area contributed by atoms with Crippen molar-refractivity contribution in [3.05, 3.63) is 71.2 Å². The van der Waals surface area contributed by atoms with E-state index < -0.39 is 5.97 Å². The fourth-order valence-corrected chi connectivity index (χ4v) is 5.19. The van der Waals surface area contributed by atoms with E-state index in [9.17, 15) is 9.59 Å². The van der Waals surface area contributed by atoms with Crippen LogP contribution in [0.2, 0.25) is 0 Å². The standard InChI is InChI=1S/C28H28N6O4/c1-3-37-26(35)17-32-23-8-6-7-18(2)27(23)33(28(32)36)19-10-11-22(30-13-19)20-14-29-16-24-21(20)15-31-34(24)25-9-4-5-12-38-25/h6-8,10-11,13-16,25H,3-5,9,12,17H2,1-2H3. The molecule has 5 aromatic rings. The number of hydrogen-bond acceptors (Lipinski definition) is 7. The molecule has 4 aromatic heterocycles. The molecule has 5 heterocycles. The smallest absolute Gasteiger partial charge is 0.334 e. The number of carbonyl (C=O) groups is 1. The third-order valence-electron chi connectivity index (χ3n) is 6.98. The molecule has 1 aliphatic heterocycles. The summed E-state index contributed by atoms with van der Waals surface area (Å²) in [6, 6.07) is 9.38. The Bertz CT molecular complexity index is 1690. The maximum atomic E-state index is 13.5. The zero-order chi connectivity index (χ0) is 26.2. The molecule has 194 valence electrons. The molecule has 1 aromatic carbocycles. The number of rotatable bonds is 6. The van der Waals surface area contributed by atoms with Crippen molar-refractivity contribution in [1.29, 1.82) is 0 Å². The van der Waals surface area contributed by atoms with Gasteiger partial charge in [0.25, 0.3) is 0 Å². The molecule has 1 atom stereocenters. The fraction of sp³-hybridized carbons (Fsp3) is 0.321. The first kappa shape index (κ1) is 24.1. The highest BCUT2D eigenvalue weighted by Gasteiger charge is 2.21. The van der Waals surface area contributed by atoms with Crippen LogP contribution in [0.25, 0.3) is 38.9 Å². The van der Waals surface area contributed by atoms with Crippen LogP contribution in [0.4, 0.5) is 0 Å². The number of aromatic nitrogens is 6. The second kappa shape index (κ2) is 9.86. The third-order valence-corrected chi connectivity index (χ3v) is 6.98. The molecule has 1 aliphatic rings. The summed E-state index contributed by atoms with van der Waals surface area (Å²) in [7, 11) is 0. The topological polar surface area (TPSA) is 106 Å². The number of esters is 1. The molecule has 0 N–H and O–H groups in total. The molecule has 10 nitrogen and oxygen atoms in total. The summed E-state index contributed by atoms with van der Waals surface area (Å²) in [5.41, 5.74) is 5.06. The number of ether oxygens (including phenoxy) is 2. The molecule has 6 rings (SSSR count). The maximum absolute atomic E-state index is 13.5. The molecule has 0 aliphatic carbocycles. The Morgan fingerprint density at radius 1 is 1.11 bits per heavy atom. The lowest BCUT2D eigenvalue weighted by Gasteiger charge is -2.23. The Morgan fingerprint density at radius 3 is 2.76 bits per heavy atom. The zero-order valence-electron chi connectivity index (χ0n) is 21.3. The first-order valence-corrected chi connectivity index (χ1v) is 12.8. The summed E-state index contributed by atoms with van der Waals surface area (Å²) in [6.07, 6.45) is 10.1. The zero-order valence-corrected chi connectivity index (χ0v) is 21.3. The van der Waals surface area contributed by atoms with Gasteiger partial charge in [0.15, 0.2) is 6.23 Å². The lowest BCUT2D eigenvalue weighted by molar-refractivity contribution is -0.143. The Kier molecular flexibility index (Phi) is 6.24. The van der Waals surface area contributed by atoms with Crippen molar-refractivity contribution in [2.75, 3.05) is 13.2 Å². The van der Waals surface area contributed by atoms with Gasteiger partial charge in [-0.15, -0.1) is 0 Å². The van der Waals surface area contributed by atoms with Crippen LogP contribution in [0.3, 0.4) is 0 Å². The summed E-state index contributed by atoms with van der Waals surface area (Å²) in [5.74, 6) is -0.455. The van der Waals surface area contributed by atoms with Gasteiger partial charge in [-0.25, -0.2) is 9.48 Å². The second-order valence-electron chi connectivity index (χ2n) is 9.38. The van der Waals surface area contributed by atoms with Gasteiger partial charge in [0.2, 0.25) is 0 Å². The molecular weight excluding hydrogens is 484 g/mol. The summed E-state index contributed by atoms with van der Waals surface area (Å²) in [4.78, 5) is 34.9. The predicted molar refractivity (Wildman–Crippen MR) is 142 cm³/mol. The number of nitrogens with zero attached hydrogens (tertiary/aromatic N) is 6. The van der Waals surface area contributed by atoms with Crippen molar-refractivity contribution in [2.45, 2.75) is 45.9 Å². The number of hydrogen-bond donors (Lipinski definition) is 0. The number of pyridine rings is 2. The Labute approximate surface area is 218 Å². The van der Waals surface area contributed by atoms with Crippen LogP contribution in [0.1, 0.15) is 38.0 Å².